The van der Waals surface area contributed by atoms with Gasteiger partial charge in [-0.25, -0.2) is 0 Å². The van der Waals surface area contributed by atoms with Crippen molar-refractivity contribution in [3.05, 3.63) is 235 Å². The fraction of sp³-hybridized carbons (Fsp3) is 0.0727. The van der Waals surface area contributed by atoms with E-state index in [-0.39, 0.29) is 20.1 Å². The molecule has 6 aromatic carbocycles. The monoisotopic (exact) mass is 935 g/mol. The number of aryl methyl sites for hydroxylation is 4. The first kappa shape index (κ1) is 39.3. The molecule has 3 aromatic heterocycles. The van der Waals surface area contributed by atoms with Gasteiger partial charge < -0.3 is 9.97 Å². The zero-order valence-electron chi connectivity index (χ0n) is 32.5. The molecular weight excluding hydrogens is 895 g/mol. The minimum absolute atomic E-state index is 0. The first-order chi connectivity index (χ1) is 28.7. The van der Waals surface area contributed by atoms with Crippen LogP contribution in [0.5, 0.6) is 0 Å². The van der Waals surface area contributed by atoms with Crippen molar-refractivity contribution in [3.63, 3.8) is 0 Å². The maximum atomic E-state index is 4.97. The first-order valence-electron chi connectivity index (χ1n) is 19.8. The van der Waals surface area contributed by atoms with Crippen molar-refractivity contribution in [2.45, 2.75) is 25.7 Å². The molecule has 9 rings (SSSR count). The van der Waals surface area contributed by atoms with Crippen LogP contribution in [-0.2, 0) is 45.8 Å². The summed E-state index contributed by atoms with van der Waals surface area (Å²) >= 11 is 0. The van der Waals surface area contributed by atoms with Crippen molar-refractivity contribution in [3.8, 4) is 67.3 Å². The fourth-order valence-corrected chi connectivity index (χ4v) is 7.46. The van der Waals surface area contributed by atoms with Gasteiger partial charge in [0.2, 0.25) is 0 Å². The van der Waals surface area contributed by atoms with Gasteiger partial charge in [0.05, 0.1) is 5.69 Å². The Bertz CT molecular complexity index is 2630. The molecule has 9 aromatic rings. The number of hydrogen-bond acceptors (Lipinski definition) is 3. The van der Waals surface area contributed by atoms with E-state index in [1.807, 2.05) is 67.0 Å². The molecule has 0 fully saturated rings. The molecule has 0 aliphatic heterocycles. The van der Waals surface area contributed by atoms with Crippen molar-refractivity contribution in [1.82, 2.24) is 15.0 Å². The van der Waals surface area contributed by atoms with Gasteiger partial charge in [-0.2, -0.15) is 0 Å². The summed E-state index contributed by atoms with van der Waals surface area (Å²) < 4.78 is 0. The maximum absolute atomic E-state index is 4.97. The molecule has 0 aliphatic rings. The molecule has 3 nitrogen and oxygen atoms in total. The summed E-state index contributed by atoms with van der Waals surface area (Å²) in [6, 6.07) is 74.1. The summed E-state index contributed by atoms with van der Waals surface area (Å²) in [5.41, 5.74) is 17.7. The number of pyridine rings is 3. The molecular formula is C55H40IrN3. The number of nitrogens with zero attached hydrogens (tertiary/aromatic N) is 3. The average Bonchev–Trinajstić information content (AvgIpc) is 3.31. The first-order valence-corrected chi connectivity index (χ1v) is 19.8. The minimum atomic E-state index is 0. The summed E-state index contributed by atoms with van der Waals surface area (Å²) in [6.07, 6.45) is 7.33. The topological polar surface area (TPSA) is 38.7 Å². The quantitative estimate of drug-likeness (QED) is 0.115. The van der Waals surface area contributed by atoms with E-state index < -0.39 is 0 Å². The Labute approximate surface area is 360 Å². The van der Waals surface area contributed by atoms with Crippen LogP contribution in [0, 0.1) is 18.2 Å². The van der Waals surface area contributed by atoms with Crippen LogP contribution in [0.4, 0.5) is 0 Å². The molecule has 3 heterocycles. The molecule has 0 saturated heterocycles. The van der Waals surface area contributed by atoms with Crippen molar-refractivity contribution in [2.24, 2.45) is 0 Å². The molecule has 0 radical (unpaired) electrons. The third-order valence-corrected chi connectivity index (χ3v) is 10.5. The van der Waals surface area contributed by atoms with Gasteiger partial charge in [-0.1, -0.05) is 133 Å². The average molecular weight is 935 g/mol. The summed E-state index contributed by atoms with van der Waals surface area (Å²) in [5.74, 6) is 0. The Kier molecular flexibility index (Phi) is 12.5. The van der Waals surface area contributed by atoms with E-state index in [1.165, 1.54) is 38.9 Å². The molecule has 0 amide bonds. The fourth-order valence-electron chi connectivity index (χ4n) is 7.46. The summed E-state index contributed by atoms with van der Waals surface area (Å²) in [6.45, 7) is 0. The second-order valence-corrected chi connectivity index (χ2v) is 14.5. The molecule has 0 unspecified atom stereocenters. The molecule has 0 atom stereocenters. The van der Waals surface area contributed by atoms with Crippen LogP contribution in [0.3, 0.4) is 0 Å². The van der Waals surface area contributed by atoms with Gasteiger partial charge in [0.1, 0.15) is 0 Å². The molecule has 59 heavy (non-hydrogen) atoms. The van der Waals surface area contributed by atoms with Crippen molar-refractivity contribution in [1.29, 1.82) is 0 Å². The molecule has 0 saturated carbocycles. The maximum Gasteiger partial charge on any atom is 3.00 e. The standard InChI is InChI=1S/C55H40N3.Ir/c1-2-11-45(12-3-1)54-17-10-18-55(58-54)48-33-31-44(32-34-48)50-13-4-5-14-51(50)49-38-42(21-19-40-23-27-46(28-24-40)52-15-6-8-35-56-52)37-43(39-49)22-20-41-25-29-47(30-26-41)53-16-7-9-36-57-53;/h1-18,23-27,29,31-33,35-39H,19-22H2;/q-3;+3. The number of rotatable bonds is 12. The molecule has 0 aliphatic carbocycles. The van der Waals surface area contributed by atoms with E-state index in [9.17, 15) is 0 Å². The zero-order valence-corrected chi connectivity index (χ0v) is 34.9. The van der Waals surface area contributed by atoms with E-state index in [0.717, 1.165) is 76.3 Å². The predicted octanol–water partition coefficient (Wildman–Crippen LogP) is 12.8. The van der Waals surface area contributed by atoms with Crippen LogP contribution in [0.1, 0.15) is 22.3 Å². The van der Waals surface area contributed by atoms with Crippen LogP contribution in [-0.4, -0.2) is 15.0 Å². The molecule has 0 N–H and O–H groups in total. The summed E-state index contributed by atoms with van der Waals surface area (Å²) in [4.78, 5) is 14.0. The van der Waals surface area contributed by atoms with Gasteiger partial charge in [0.25, 0.3) is 0 Å². The molecule has 0 bridgehead atoms. The second kappa shape index (κ2) is 18.8. The normalized spacial score (nSPS) is 10.8. The molecule has 4 heteroatoms. The molecule has 0 spiro atoms. The van der Waals surface area contributed by atoms with E-state index in [2.05, 4.69) is 156 Å². The largest absolute Gasteiger partial charge is 3.00 e. The van der Waals surface area contributed by atoms with Gasteiger partial charge in [-0.05, 0) is 75.9 Å². The number of aromatic nitrogens is 3. The Morgan fingerprint density at radius 2 is 0.831 bits per heavy atom. The van der Waals surface area contributed by atoms with E-state index >= 15 is 0 Å². The molecule has 284 valence electrons. The Hall–Kier alpha value is -6.58. The third kappa shape index (κ3) is 9.59. The Morgan fingerprint density at radius 1 is 0.339 bits per heavy atom. The van der Waals surface area contributed by atoms with Crippen molar-refractivity contribution in [2.75, 3.05) is 0 Å². The van der Waals surface area contributed by atoms with Crippen molar-refractivity contribution >= 4 is 0 Å². The Morgan fingerprint density at radius 3 is 1.37 bits per heavy atom. The van der Waals surface area contributed by atoms with Crippen molar-refractivity contribution < 1.29 is 20.1 Å². The summed E-state index contributed by atoms with van der Waals surface area (Å²) in [5, 5.41) is 0. The SMILES string of the molecule is [Ir+3].[c-]1cc(CCc2cc(CCc3c[c-]c(-c4ccccn4)cc3)cc(-c3ccccc3-c3c[c-]c(-c4cccc(-c5ccccc5)n4)cc3)c2)ccc1-c1ccccn1. The van der Waals surface area contributed by atoms with Crippen LogP contribution >= 0.6 is 0 Å². The van der Waals surface area contributed by atoms with Gasteiger partial charge in [0, 0.05) is 12.4 Å². The number of hydrogen-bond donors (Lipinski definition) is 0. The minimum Gasteiger partial charge on any atom is -0.305 e. The van der Waals surface area contributed by atoms with Gasteiger partial charge in [0.15, 0.2) is 0 Å². The summed E-state index contributed by atoms with van der Waals surface area (Å²) in [7, 11) is 0. The second-order valence-electron chi connectivity index (χ2n) is 14.5. The van der Waals surface area contributed by atoms with Gasteiger partial charge in [-0.3, -0.25) is 4.98 Å². The smallest absolute Gasteiger partial charge is 0.305 e. The Balaban J connectivity index is 0.00000484. The van der Waals surface area contributed by atoms with Crippen LogP contribution in [0.15, 0.2) is 194 Å². The van der Waals surface area contributed by atoms with Crippen LogP contribution in [0.2, 0.25) is 0 Å². The zero-order chi connectivity index (χ0) is 38.9. The number of benzene rings is 6. The van der Waals surface area contributed by atoms with Gasteiger partial charge >= 0.3 is 20.1 Å². The van der Waals surface area contributed by atoms with Crippen LogP contribution < -0.4 is 0 Å². The van der Waals surface area contributed by atoms with E-state index in [1.54, 1.807) is 0 Å². The predicted molar refractivity (Wildman–Crippen MR) is 237 cm³/mol. The van der Waals surface area contributed by atoms with Crippen LogP contribution in [0.25, 0.3) is 67.3 Å². The third-order valence-electron chi connectivity index (χ3n) is 10.5. The van der Waals surface area contributed by atoms with Gasteiger partial charge in [-0.15, -0.1) is 101 Å². The van der Waals surface area contributed by atoms with E-state index in [0.29, 0.717) is 0 Å². The van der Waals surface area contributed by atoms with E-state index in [4.69, 9.17) is 4.98 Å².